The second-order valence-electron chi connectivity index (χ2n) is 4.95. The Morgan fingerprint density at radius 2 is 2.19 bits per heavy atom. The summed E-state index contributed by atoms with van der Waals surface area (Å²) < 4.78 is 11.8. The summed E-state index contributed by atoms with van der Waals surface area (Å²) in [5, 5.41) is 0.715. The molecule has 0 fully saturated rings. The van der Waals surface area contributed by atoms with Gasteiger partial charge in [0, 0.05) is 12.6 Å². The lowest BCUT2D eigenvalue weighted by molar-refractivity contribution is 0.415. The molecule has 2 N–H and O–H groups in total. The SMILES string of the molecule is CCCn1c(-c2c(C)nsc2N)nc2cc(OC)ccc21. The van der Waals surface area contributed by atoms with Crippen molar-refractivity contribution in [2.24, 2.45) is 0 Å². The number of nitrogens with two attached hydrogens (primary N) is 1. The second kappa shape index (κ2) is 5.37. The molecule has 3 rings (SSSR count). The summed E-state index contributed by atoms with van der Waals surface area (Å²) in [6.45, 7) is 5.02. The number of ether oxygens (including phenoxy) is 1. The highest BCUT2D eigenvalue weighted by Gasteiger charge is 2.19. The minimum Gasteiger partial charge on any atom is -0.497 e. The van der Waals surface area contributed by atoms with E-state index in [1.807, 2.05) is 25.1 Å². The van der Waals surface area contributed by atoms with Crippen molar-refractivity contribution in [3.05, 3.63) is 23.9 Å². The number of aryl methyl sites for hydroxylation is 2. The predicted octanol–water partition coefficient (Wildman–Crippen LogP) is 3.47. The van der Waals surface area contributed by atoms with Crippen molar-refractivity contribution in [2.45, 2.75) is 26.8 Å². The fourth-order valence-corrected chi connectivity index (χ4v) is 3.19. The number of benzene rings is 1. The van der Waals surface area contributed by atoms with E-state index in [-0.39, 0.29) is 0 Å². The topological polar surface area (TPSA) is 66.0 Å². The molecule has 0 atom stereocenters. The Morgan fingerprint density at radius 3 is 2.81 bits per heavy atom. The van der Waals surface area contributed by atoms with Crippen molar-refractivity contribution in [2.75, 3.05) is 12.8 Å². The van der Waals surface area contributed by atoms with Crippen LogP contribution in [0.3, 0.4) is 0 Å². The molecule has 0 aliphatic carbocycles. The maximum Gasteiger partial charge on any atom is 0.146 e. The van der Waals surface area contributed by atoms with Crippen LogP contribution in [-0.4, -0.2) is 21.0 Å². The fourth-order valence-electron chi connectivity index (χ4n) is 2.54. The molecule has 3 aromatic rings. The number of aromatic nitrogens is 3. The molecular formula is C15H18N4OS. The van der Waals surface area contributed by atoms with Crippen LogP contribution in [0.25, 0.3) is 22.4 Å². The smallest absolute Gasteiger partial charge is 0.146 e. The first-order chi connectivity index (χ1) is 10.2. The Morgan fingerprint density at radius 1 is 1.38 bits per heavy atom. The largest absolute Gasteiger partial charge is 0.497 e. The van der Waals surface area contributed by atoms with Crippen molar-refractivity contribution in [1.29, 1.82) is 0 Å². The van der Waals surface area contributed by atoms with E-state index in [9.17, 15) is 0 Å². The Hall–Kier alpha value is -2.08. The molecule has 2 heterocycles. The third-order valence-electron chi connectivity index (χ3n) is 3.52. The molecule has 0 unspecified atom stereocenters. The van der Waals surface area contributed by atoms with Gasteiger partial charge in [0.1, 0.15) is 16.6 Å². The molecule has 21 heavy (non-hydrogen) atoms. The maximum atomic E-state index is 6.09. The first-order valence-electron chi connectivity index (χ1n) is 6.92. The van der Waals surface area contributed by atoms with Gasteiger partial charge >= 0.3 is 0 Å². The highest BCUT2D eigenvalue weighted by atomic mass is 32.1. The number of anilines is 1. The van der Waals surface area contributed by atoms with E-state index >= 15 is 0 Å². The van der Waals surface area contributed by atoms with Gasteiger partial charge in [0.05, 0.1) is 29.4 Å². The van der Waals surface area contributed by atoms with E-state index in [1.54, 1.807) is 7.11 Å². The summed E-state index contributed by atoms with van der Waals surface area (Å²) >= 11 is 1.32. The lowest BCUT2D eigenvalue weighted by Gasteiger charge is -2.08. The molecule has 0 saturated heterocycles. The summed E-state index contributed by atoms with van der Waals surface area (Å²) in [6, 6.07) is 5.96. The highest BCUT2D eigenvalue weighted by Crippen LogP contribution is 2.34. The van der Waals surface area contributed by atoms with Crippen LogP contribution in [0, 0.1) is 6.92 Å². The van der Waals surface area contributed by atoms with Gasteiger partial charge in [-0.2, -0.15) is 4.37 Å². The van der Waals surface area contributed by atoms with E-state index < -0.39 is 0 Å². The van der Waals surface area contributed by atoms with Gasteiger partial charge in [-0.05, 0) is 37.0 Å². The molecular weight excluding hydrogens is 284 g/mol. The first kappa shape index (κ1) is 13.9. The van der Waals surface area contributed by atoms with E-state index in [0.717, 1.165) is 46.8 Å². The van der Waals surface area contributed by atoms with Gasteiger partial charge in [0.15, 0.2) is 0 Å². The molecule has 0 aliphatic heterocycles. The van der Waals surface area contributed by atoms with Crippen LogP contribution in [0.4, 0.5) is 5.00 Å². The zero-order chi connectivity index (χ0) is 15.0. The van der Waals surface area contributed by atoms with Crippen molar-refractivity contribution in [3.8, 4) is 17.1 Å². The third-order valence-corrected chi connectivity index (χ3v) is 4.28. The molecule has 5 nitrogen and oxygen atoms in total. The zero-order valence-electron chi connectivity index (χ0n) is 12.4. The molecule has 0 bridgehead atoms. The lowest BCUT2D eigenvalue weighted by Crippen LogP contribution is -2.01. The number of imidazole rings is 1. The third kappa shape index (κ3) is 2.25. The number of fused-ring (bicyclic) bond motifs is 1. The molecule has 1 aromatic carbocycles. The fraction of sp³-hybridized carbons (Fsp3) is 0.333. The van der Waals surface area contributed by atoms with Gasteiger partial charge in [-0.1, -0.05) is 6.92 Å². The van der Waals surface area contributed by atoms with E-state index in [4.69, 9.17) is 15.5 Å². The molecule has 2 aromatic heterocycles. The normalized spacial score (nSPS) is 11.2. The molecule has 0 aliphatic rings. The van der Waals surface area contributed by atoms with Crippen LogP contribution >= 0.6 is 11.5 Å². The van der Waals surface area contributed by atoms with Crippen LogP contribution in [0.15, 0.2) is 18.2 Å². The first-order valence-corrected chi connectivity index (χ1v) is 7.69. The van der Waals surface area contributed by atoms with E-state index in [1.165, 1.54) is 11.5 Å². The number of methoxy groups -OCH3 is 1. The number of hydrogen-bond donors (Lipinski definition) is 1. The van der Waals surface area contributed by atoms with Gasteiger partial charge in [0.2, 0.25) is 0 Å². The molecule has 0 radical (unpaired) electrons. The maximum absolute atomic E-state index is 6.09. The highest BCUT2D eigenvalue weighted by molar-refractivity contribution is 7.10. The average Bonchev–Trinajstić information content (AvgIpc) is 2.99. The lowest BCUT2D eigenvalue weighted by atomic mass is 10.2. The summed E-state index contributed by atoms with van der Waals surface area (Å²) in [7, 11) is 1.66. The van der Waals surface area contributed by atoms with Crippen LogP contribution in [-0.2, 0) is 6.54 Å². The summed E-state index contributed by atoms with van der Waals surface area (Å²) in [5.74, 6) is 1.70. The van der Waals surface area contributed by atoms with Crippen LogP contribution < -0.4 is 10.5 Å². The Labute approximate surface area is 127 Å². The van der Waals surface area contributed by atoms with E-state index in [2.05, 4.69) is 15.9 Å². The van der Waals surface area contributed by atoms with Gasteiger partial charge < -0.3 is 15.0 Å². The van der Waals surface area contributed by atoms with Crippen molar-refractivity contribution < 1.29 is 4.74 Å². The summed E-state index contributed by atoms with van der Waals surface area (Å²) in [4.78, 5) is 4.77. The van der Waals surface area contributed by atoms with Crippen LogP contribution in [0.5, 0.6) is 5.75 Å². The standard InChI is InChI=1S/C15H18N4OS/c1-4-7-19-12-6-5-10(20-3)8-11(12)17-15(19)13-9(2)18-21-14(13)16/h5-6,8H,4,7,16H2,1-3H3. The van der Waals surface area contributed by atoms with Gasteiger partial charge in [-0.25, -0.2) is 4.98 Å². The zero-order valence-corrected chi connectivity index (χ0v) is 13.2. The summed E-state index contributed by atoms with van der Waals surface area (Å²) in [6.07, 6.45) is 1.03. The monoisotopic (exact) mass is 302 g/mol. The predicted molar refractivity (Wildman–Crippen MR) is 86.8 cm³/mol. The molecule has 0 spiro atoms. The van der Waals surface area contributed by atoms with Crippen molar-refractivity contribution in [3.63, 3.8) is 0 Å². The molecule has 0 amide bonds. The van der Waals surface area contributed by atoms with Crippen molar-refractivity contribution >= 4 is 27.6 Å². The number of hydrogen-bond acceptors (Lipinski definition) is 5. The number of nitrogen functional groups attached to an aromatic ring is 1. The minimum atomic E-state index is 0.715. The minimum absolute atomic E-state index is 0.715. The average molecular weight is 302 g/mol. The van der Waals surface area contributed by atoms with Crippen molar-refractivity contribution in [1.82, 2.24) is 13.9 Å². The molecule has 0 saturated carbocycles. The van der Waals surface area contributed by atoms with Gasteiger partial charge in [-0.15, -0.1) is 0 Å². The second-order valence-corrected chi connectivity index (χ2v) is 5.75. The number of nitrogens with zero attached hydrogens (tertiary/aromatic N) is 3. The van der Waals surface area contributed by atoms with E-state index in [0.29, 0.717) is 5.00 Å². The Balaban J connectivity index is 2.28. The van der Waals surface area contributed by atoms with Crippen LogP contribution in [0.2, 0.25) is 0 Å². The quantitative estimate of drug-likeness (QED) is 0.801. The van der Waals surface area contributed by atoms with Gasteiger partial charge in [0.25, 0.3) is 0 Å². The van der Waals surface area contributed by atoms with Crippen LogP contribution in [0.1, 0.15) is 19.0 Å². The Bertz CT molecular complexity index is 771. The summed E-state index contributed by atoms with van der Waals surface area (Å²) in [5.41, 5.74) is 9.98. The number of rotatable bonds is 4. The van der Waals surface area contributed by atoms with Gasteiger partial charge in [-0.3, -0.25) is 0 Å². The molecule has 6 heteroatoms. The Kier molecular flexibility index (Phi) is 3.55. The molecule has 110 valence electrons.